The molecule has 0 amide bonds. The Bertz CT molecular complexity index is 126. The molecule has 0 spiro atoms. The highest BCUT2D eigenvalue weighted by Gasteiger charge is 2.20. The molecule has 0 unspecified atom stereocenters. The SMILES string of the molecule is CCNCCN1C[C@H](C)C[C@@H](C)C1. The Labute approximate surface area is 82.7 Å². The van der Waals surface area contributed by atoms with Gasteiger partial charge in [0.2, 0.25) is 0 Å². The van der Waals surface area contributed by atoms with Crippen molar-refractivity contribution in [2.45, 2.75) is 27.2 Å². The molecule has 1 saturated heterocycles. The van der Waals surface area contributed by atoms with Gasteiger partial charge in [0.25, 0.3) is 0 Å². The van der Waals surface area contributed by atoms with Crippen LogP contribution in [0.15, 0.2) is 0 Å². The summed E-state index contributed by atoms with van der Waals surface area (Å²) in [6.07, 6.45) is 1.41. The van der Waals surface area contributed by atoms with Crippen molar-refractivity contribution in [1.82, 2.24) is 10.2 Å². The predicted octanol–water partition coefficient (Wildman–Crippen LogP) is 1.57. The van der Waals surface area contributed by atoms with Gasteiger partial charge in [-0.1, -0.05) is 20.8 Å². The normalized spacial score (nSPS) is 30.7. The van der Waals surface area contributed by atoms with E-state index in [1.165, 1.54) is 26.1 Å². The van der Waals surface area contributed by atoms with E-state index < -0.39 is 0 Å². The van der Waals surface area contributed by atoms with E-state index in [9.17, 15) is 0 Å². The summed E-state index contributed by atoms with van der Waals surface area (Å²) >= 11 is 0. The van der Waals surface area contributed by atoms with Gasteiger partial charge in [-0.25, -0.2) is 0 Å². The molecule has 0 saturated carbocycles. The third-order valence-electron chi connectivity index (χ3n) is 2.80. The maximum Gasteiger partial charge on any atom is 0.0107 e. The zero-order valence-electron chi connectivity index (χ0n) is 9.34. The number of likely N-dealkylation sites (tertiary alicyclic amines) is 1. The number of likely N-dealkylation sites (N-methyl/N-ethyl adjacent to an activating group) is 1. The molecule has 0 aromatic carbocycles. The van der Waals surface area contributed by atoms with Crippen LogP contribution in [0.4, 0.5) is 0 Å². The minimum atomic E-state index is 0.894. The standard InChI is InChI=1S/C11H24N2/c1-4-12-5-6-13-8-10(2)7-11(3)9-13/h10-12H,4-9H2,1-3H3/t10-,11-/m1/s1. The summed E-state index contributed by atoms with van der Waals surface area (Å²) in [5.41, 5.74) is 0. The van der Waals surface area contributed by atoms with Crippen LogP contribution in [-0.4, -0.2) is 37.6 Å². The maximum absolute atomic E-state index is 3.38. The molecule has 0 aromatic heterocycles. The lowest BCUT2D eigenvalue weighted by Gasteiger charge is -2.34. The van der Waals surface area contributed by atoms with Crippen molar-refractivity contribution in [1.29, 1.82) is 0 Å². The molecular formula is C11H24N2. The van der Waals surface area contributed by atoms with Crippen molar-refractivity contribution in [2.24, 2.45) is 11.8 Å². The Morgan fingerprint density at radius 1 is 1.23 bits per heavy atom. The van der Waals surface area contributed by atoms with Crippen molar-refractivity contribution < 1.29 is 0 Å². The molecule has 0 aromatic rings. The van der Waals surface area contributed by atoms with Crippen LogP contribution in [0.2, 0.25) is 0 Å². The quantitative estimate of drug-likeness (QED) is 0.667. The van der Waals surface area contributed by atoms with E-state index in [2.05, 4.69) is 31.0 Å². The summed E-state index contributed by atoms with van der Waals surface area (Å²) in [6, 6.07) is 0. The number of piperidine rings is 1. The lowest BCUT2D eigenvalue weighted by molar-refractivity contribution is 0.142. The van der Waals surface area contributed by atoms with Gasteiger partial charge < -0.3 is 10.2 Å². The Morgan fingerprint density at radius 2 is 1.85 bits per heavy atom. The van der Waals surface area contributed by atoms with Crippen LogP contribution >= 0.6 is 0 Å². The van der Waals surface area contributed by atoms with Crippen molar-refractivity contribution in [3.8, 4) is 0 Å². The van der Waals surface area contributed by atoms with Crippen LogP contribution in [0.25, 0.3) is 0 Å². The van der Waals surface area contributed by atoms with E-state index in [4.69, 9.17) is 0 Å². The number of hydrogen-bond donors (Lipinski definition) is 1. The van der Waals surface area contributed by atoms with Crippen molar-refractivity contribution in [2.75, 3.05) is 32.7 Å². The Hall–Kier alpha value is -0.0800. The van der Waals surface area contributed by atoms with Gasteiger partial charge in [-0.2, -0.15) is 0 Å². The minimum absolute atomic E-state index is 0.894. The van der Waals surface area contributed by atoms with Crippen LogP contribution in [0.1, 0.15) is 27.2 Å². The summed E-state index contributed by atoms with van der Waals surface area (Å²) in [5, 5.41) is 3.38. The minimum Gasteiger partial charge on any atom is -0.316 e. The fourth-order valence-corrected chi connectivity index (χ4v) is 2.39. The fourth-order valence-electron chi connectivity index (χ4n) is 2.39. The summed E-state index contributed by atoms with van der Waals surface area (Å²) < 4.78 is 0. The highest BCUT2D eigenvalue weighted by atomic mass is 15.1. The molecule has 78 valence electrons. The molecule has 0 aliphatic carbocycles. The molecule has 0 bridgehead atoms. The summed E-state index contributed by atoms with van der Waals surface area (Å²) in [6.45, 7) is 13.0. The van der Waals surface area contributed by atoms with E-state index in [1.807, 2.05) is 0 Å². The second kappa shape index (κ2) is 5.61. The average Bonchev–Trinajstić information content (AvgIpc) is 2.03. The fraction of sp³-hybridized carbons (Fsp3) is 1.00. The van der Waals surface area contributed by atoms with Gasteiger partial charge in [0.15, 0.2) is 0 Å². The van der Waals surface area contributed by atoms with Gasteiger partial charge >= 0.3 is 0 Å². The van der Waals surface area contributed by atoms with E-state index in [1.54, 1.807) is 0 Å². The number of hydrogen-bond acceptors (Lipinski definition) is 2. The van der Waals surface area contributed by atoms with Crippen LogP contribution < -0.4 is 5.32 Å². The molecule has 1 heterocycles. The highest BCUT2D eigenvalue weighted by Crippen LogP contribution is 2.20. The molecule has 2 heteroatoms. The maximum atomic E-state index is 3.38. The smallest absolute Gasteiger partial charge is 0.0107 e. The van der Waals surface area contributed by atoms with Crippen LogP contribution in [0, 0.1) is 11.8 Å². The average molecular weight is 184 g/mol. The Morgan fingerprint density at radius 3 is 2.38 bits per heavy atom. The molecule has 13 heavy (non-hydrogen) atoms. The predicted molar refractivity (Wildman–Crippen MR) is 57.9 cm³/mol. The van der Waals surface area contributed by atoms with Crippen LogP contribution in [0.5, 0.6) is 0 Å². The Kier molecular flexibility index (Phi) is 4.74. The highest BCUT2D eigenvalue weighted by molar-refractivity contribution is 4.74. The molecule has 1 aliphatic rings. The molecule has 1 fully saturated rings. The zero-order valence-corrected chi connectivity index (χ0v) is 9.34. The first-order valence-electron chi connectivity index (χ1n) is 5.65. The molecule has 1 rings (SSSR count). The molecule has 1 N–H and O–H groups in total. The lowest BCUT2D eigenvalue weighted by Crippen LogP contribution is -2.42. The topological polar surface area (TPSA) is 15.3 Å². The zero-order chi connectivity index (χ0) is 9.68. The number of nitrogens with one attached hydrogen (secondary N) is 1. The van der Waals surface area contributed by atoms with Crippen LogP contribution in [0.3, 0.4) is 0 Å². The van der Waals surface area contributed by atoms with Crippen LogP contribution in [-0.2, 0) is 0 Å². The summed E-state index contributed by atoms with van der Waals surface area (Å²) in [7, 11) is 0. The van der Waals surface area contributed by atoms with E-state index >= 15 is 0 Å². The lowest BCUT2D eigenvalue weighted by atomic mass is 9.92. The van der Waals surface area contributed by atoms with E-state index in [-0.39, 0.29) is 0 Å². The monoisotopic (exact) mass is 184 g/mol. The third-order valence-corrected chi connectivity index (χ3v) is 2.80. The van der Waals surface area contributed by atoms with Gasteiger partial charge in [-0.3, -0.25) is 0 Å². The van der Waals surface area contributed by atoms with Gasteiger partial charge in [0.05, 0.1) is 0 Å². The number of rotatable bonds is 4. The van der Waals surface area contributed by atoms with Gasteiger partial charge in [-0.05, 0) is 24.8 Å². The van der Waals surface area contributed by atoms with E-state index in [0.717, 1.165) is 24.9 Å². The summed E-state index contributed by atoms with van der Waals surface area (Å²) in [4.78, 5) is 2.60. The van der Waals surface area contributed by atoms with Gasteiger partial charge in [0, 0.05) is 26.2 Å². The van der Waals surface area contributed by atoms with Crippen molar-refractivity contribution >= 4 is 0 Å². The molecule has 1 aliphatic heterocycles. The van der Waals surface area contributed by atoms with Crippen molar-refractivity contribution in [3.05, 3.63) is 0 Å². The van der Waals surface area contributed by atoms with Gasteiger partial charge in [-0.15, -0.1) is 0 Å². The first-order chi connectivity index (χ1) is 6.22. The molecule has 2 atom stereocenters. The second-order valence-corrected chi connectivity index (χ2v) is 4.56. The second-order valence-electron chi connectivity index (χ2n) is 4.56. The molecule has 0 radical (unpaired) electrons. The molecular weight excluding hydrogens is 160 g/mol. The first kappa shape index (κ1) is 11.0. The summed E-state index contributed by atoms with van der Waals surface area (Å²) in [5.74, 6) is 1.79. The number of nitrogens with zero attached hydrogens (tertiary/aromatic N) is 1. The van der Waals surface area contributed by atoms with E-state index in [0.29, 0.717) is 0 Å². The van der Waals surface area contributed by atoms with Crippen molar-refractivity contribution in [3.63, 3.8) is 0 Å². The first-order valence-corrected chi connectivity index (χ1v) is 5.65. The Balaban J connectivity index is 2.17. The third kappa shape index (κ3) is 4.10. The van der Waals surface area contributed by atoms with Gasteiger partial charge in [0.1, 0.15) is 0 Å². The molecule has 2 nitrogen and oxygen atoms in total. The largest absolute Gasteiger partial charge is 0.316 e.